The first kappa shape index (κ1) is 91.3. The number of hydrogen-bond acceptors (Lipinski definition) is 6. The fraction of sp³-hybridized carbons (Fsp3) is 0.105. The van der Waals surface area contributed by atoms with Gasteiger partial charge in [0.2, 0.25) is 21.8 Å². The molecule has 0 saturated heterocycles. The fourth-order valence-corrected chi connectivity index (χ4v) is 24.8. The Labute approximate surface area is 746 Å². The number of sulfonamides is 1. The number of H-pyrrole nitrogens is 2. The summed E-state index contributed by atoms with van der Waals surface area (Å²) in [5, 5.41) is 39.6. The van der Waals surface area contributed by atoms with E-state index in [4.69, 9.17) is 5.11 Å². The predicted molar refractivity (Wildman–Crippen MR) is 518 cm³/mol. The number of hydrogen-bond donors (Lipinski definition) is 7. The van der Waals surface area contributed by atoms with Crippen molar-refractivity contribution in [1.29, 1.82) is 0 Å². The number of carboxylic acid groups (broad SMARTS) is 1. The van der Waals surface area contributed by atoms with Crippen LogP contribution in [0.1, 0.15) is 36.8 Å². The molecule has 1 heterocycles. The van der Waals surface area contributed by atoms with Crippen LogP contribution in [-0.4, -0.2) is 61.3 Å². The van der Waals surface area contributed by atoms with Gasteiger partial charge >= 0.3 is 6.09 Å². The van der Waals surface area contributed by atoms with Crippen LogP contribution < -0.4 is 89.9 Å². The summed E-state index contributed by atoms with van der Waals surface area (Å²) in [5.74, 6) is -0.789. The van der Waals surface area contributed by atoms with Crippen LogP contribution in [0.5, 0.6) is 0 Å². The second kappa shape index (κ2) is 47.1. The Bertz CT molecular complexity index is 5270. The van der Waals surface area contributed by atoms with Crippen LogP contribution in [0.15, 0.2) is 434 Å². The minimum atomic E-state index is -3.57. The topological polar surface area (TPSA) is 202 Å². The van der Waals surface area contributed by atoms with E-state index in [1.165, 1.54) is 70.7 Å². The van der Waals surface area contributed by atoms with Crippen LogP contribution in [0.4, 0.5) is 10.5 Å². The molecule has 1 fully saturated rings. The molecule has 1 saturated carbocycles. The van der Waals surface area contributed by atoms with E-state index in [2.05, 4.69) is 395 Å². The van der Waals surface area contributed by atoms with Crippen molar-refractivity contribution in [3.8, 4) is 11.1 Å². The number of amides is 3. The molecule has 1 aliphatic carbocycles. The molecule has 0 aliphatic heterocycles. The number of carbonyl (C=O) groups excluding carboxylic acids is 2. The molecule has 0 radical (unpaired) electrons. The van der Waals surface area contributed by atoms with Crippen molar-refractivity contribution in [2.75, 3.05) is 18.9 Å². The minimum Gasteiger partial charge on any atom is -0.465 e. The maximum Gasteiger partial charge on any atom is 0.404 e. The molecule has 1 aliphatic rings. The van der Waals surface area contributed by atoms with Gasteiger partial charge in [0.25, 0.3) is 5.56 Å². The molecular weight excluding hydrogens is 1720 g/mol. The molecule has 124 heavy (non-hydrogen) atoms. The number of carbonyl (C=O) groups is 3. The molecule has 0 bridgehead atoms. The monoisotopic (exact) mass is 1820 g/mol. The van der Waals surface area contributed by atoms with E-state index in [9.17, 15) is 27.6 Å². The van der Waals surface area contributed by atoms with Crippen LogP contribution in [-0.2, 0) is 46.5 Å². The van der Waals surface area contributed by atoms with Crippen molar-refractivity contribution in [3.05, 3.63) is 446 Å². The molecule has 13 nitrogen and oxygen atoms in total. The second-order valence-corrected chi connectivity index (χ2v) is 40.0. The van der Waals surface area contributed by atoms with Crippen LogP contribution in [0.2, 0.25) is 0 Å². The van der Waals surface area contributed by atoms with Crippen LogP contribution in [0.3, 0.4) is 0 Å². The van der Waals surface area contributed by atoms with E-state index >= 15 is 0 Å². The third-order valence-corrected chi connectivity index (χ3v) is 32.1. The first-order valence-electron chi connectivity index (χ1n) is 41.0. The summed E-state index contributed by atoms with van der Waals surface area (Å²) in [6.07, 6.45) is 1.72. The largest absolute Gasteiger partial charge is 0.465 e. The molecule has 1 atom stereocenters. The zero-order valence-electron chi connectivity index (χ0n) is 68.8. The molecule has 7 N–H and O–H groups in total. The molecule has 15 aromatic carbocycles. The van der Waals surface area contributed by atoms with E-state index in [1.807, 2.05) is 31.2 Å². The molecule has 16 aromatic rings. The third kappa shape index (κ3) is 25.9. The van der Waals surface area contributed by atoms with Gasteiger partial charge in [0.15, 0.2) is 0 Å². The van der Waals surface area contributed by atoms with Gasteiger partial charge < -0.3 is 21.1 Å². The summed E-state index contributed by atoms with van der Waals surface area (Å²) in [5.41, 5.74) is 4.04. The van der Waals surface area contributed by atoms with E-state index in [-0.39, 0.29) is 55.0 Å². The summed E-state index contributed by atoms with van der Waals surface area (Å²) in [6.45, 7) is 2.19. The Morgan fingerprint density at radius 2 is 0.718 bits per heavy atom. The Morgan fingerprint density at radius 3 is 1.01 bits per heavy atom. The molecular formula is C105H98N6O7P4PdS. The molecule has 626 valence electrons. The van der Waals surface area contributed by atoms with Crippen molar-refractivity contribution in [2.24, 2.45) is 11.8 Å². The van der Waals surface area contributed by atoms with Gasteiger partial charge in [-0.25, -0.2) is 17.9 Å². The Balaban J connectivity index is 0.000000152. The summed E-state index contributed by atoms with van der Waals surface area (Å²) >= 11 is 0. The molecule has 19 heteroatoms. The number of anilines is 1. The Morgan fingerprint density at radius 1 is 0.403 bits per heavy atom. The average Bonchev–Trinajstić information content (AvgIpc) is 0.866. The second-order valence-electron chi connectivity index (χ2n) is 29.2. The Kier molecular flexibility index (Phi) is 34.7. The van der Waals surface area contributed by atoms with Crippen molar-refractivity contribution < 1.29 is 48.3 Å². The number of aromatic nitrogens is 2. The SMILES string of the molecule is CNS(=O)(=O)c1ccc(-c2ccc(C[C@H](NC(=O)C3CCC(CNC(=O)O)CC3)C(=O)Nc3ccc4c(=O)[nH][nH]c4c3)cc2)c(C)c1.[Pd].c1ccc(P(c2ccccc2)c2ccccc2)cc1.c1ccc(P(c2ccccc2)c2ccccc2)cc1.c1ccc(P(c2ccccc2)c2ccccc2)cc1.c1ccc(P(c2ccccc2)c2ccccc2)cc1. The van der Waals surface area contributed by atoms with Gasteiger partial charge in [0.05, 0.1) is 15.8 Å². The summed E-state index contributed by atoms with van der Waals surface area (Å²) < 4.78 is 26.7. The smallest absolute Gasteiger partial charge is 0.404 e. The quantitative estimate of drug-likeness (QED) is 0.0244. The van der Waals surface area contributed by atoms with Gasteiger partial charge in [-0.05, 0) is 193 Å². The summed E-state index contributed by atoms with van der Waals surface area (Å²) in [6, 6.07) is 146. The summed E-state index contributed by atoms with van der Waals surface area (Å²) in [4.78, 5) is 50.0. The van der Waals surface area contributed by atoms with Gasteiger partial charge in [-0.2, -0.15) is 0 Å². The maximum absolute atomic E-state index is 13.6. The van der Waals surface area contributed by atoms with Crippen LogP contribution in [0, 0.1) is 18.8 Å². The van der Waals surface area contributed by atoms with Crippen molar-refractivity contribution in [1.82, 2.24) is 25.6 Å². The zero-order chi connectivity index (χ0) is 85.4. The van der Waals surface area contributed by atoms with Crippen molar-refractivity contribution in [2.45, 2.75) is 50.0 Å². The third-order valence-electron chi connectivity index (χ3n) is 20.9. The number of nitrogens with one attached hydrogen (secondary N) is 6. The van der Waals surface area contributed by atoms with Gasteiger partial charge in [0, 0.05) is 45.0 Å². The average molecular weight is 1820 g/mol. The van der Waals surface area contributed by atoms with Crippen LogP contribution in [0.25, 0.3) is 22.0 Å². The maximum atomic E-state index is 13.6. The van der Waals surface area contributed by atoms with Gasteiger partial charge in [-0.3, -0.25) is 24.6 Å². The summed E-state index contributed by atoms with van der Waals surface area (Å²) in [7, 11) is -3.99. The van der Waals surface area contributed by atoms with Crippen LogP contribution >= 0.6 is 31.7 Å². The molecule has 1 aromatic heterocycles. The fourth-order valence-electron chi connectivity index (χ4n) is 14.7. The molecule has 0 unspecified atom stereocenters. The minimum absolute atomic E-state index is 0. The molecule has 17 rings (SSSR count). The number of rotatable bonds is 23. The normalized spacial score (nSPS) is 13.0. The van der Waals surface area contributed by atoms with Gasteiger partial charge in [-0.1, -0.05) is 394 Å². The molecule has 3 amide bonds. The van der Waals surface area contributed by atoms with E-state index < -0.39 is 59.8 Å². The van der Waals surface area contributed by atoms with Crippen molar-refractivity contribution >= 4 is 140 Å². The van der Waals surface area contributed by atoms with E-state index in [0.29, 0.717) is 48.8 Å². The number of aromatic amines is 2. The number of benzene rings is 15. The van der Waals surface area contributed by atoms with E-state index in [1.54, 1.807) is 36.4 Å². The molecule has 0 spiro atoms. The zero-order valence-corrected chi connectivity index (χ0v) is 74.7. The van der Waals surface area contributed by atoms with Gasteiger partial charge in [0.1, 0.15) is 6.04 Å². The van der Waals surface area contributed by atoms with Gasteiger partial charge in [-0.15, -0.1) is 0 Å². The first-order chi connectivity index (χ1) is 60.2. The number of fused-ring (bicyclic) bond motifs is 1. The van der Waals surface area contributed by atoms with E-state index in [0.717, 1.165) is 22.3 Å². The Hall–Kier alpha value is -11.9. The predicted octanol–water partition coefficient (Wildman–Crippen LogP) is 17.3. The number of aryl methyl sites for hydroxylation is 1. The first-order valence-corrected chi connectivity index (χ1v) is 47.8. The van der Waals surface area contributed by atoms with Crippen molar-refractivity contribution in [3.63, 3.8) is 0 Å². The standard InChI is InChI=1S/C33H38N6O7S.4C18H15P.Pd/c1-19-15-25(47(45,46)34-2)12-14-26(19)22-7-3-20(4-8-22)16-29(32(42)36-24-11-13-27-28(17-24)38-39-31(27)41)37-30(40)23-9-5-21(6-10-23)18-35-33(43)44;4*1-4-10-16(11-5-1)19(17-12-6-2-7-13-17)18-14-8-3-9-15-18;/h3-4,7-8,11-15,17,21,23,29,34-35H,5-6,9-10,16,18H2,1-2H3,(H,36,42)(H,37,40)(H,43,44)(H2,38,39,41);4*1-15H;/t21?,23?,29-;;;;;/m0...../s1.